The fourth-order valence-electron chi connectivity index (χ4n) is 4.04. The average molecular weight is 399 g/mol. The summed E-state index contributed by atoms with van der Waals surface area (Å²) in [5.74, 6) is 0.110. The van der Waals surface area contributed by atoms with Gasteiger partial charge in [-0.05, 0) is 49.9 Å². The van der Waals surface area contributed by atoms with Crippen LogP contribution in [0.2, 0.25) is 5.02 Å². The Morgan fingerprint density at radius 1 is 1.04 bits per heavy atom. The van der Waals surface area contributed by atoms with Crippen LogP contribution in [0, 0.1) is 5.92 Å². The number of halogens is 1. The highest BCUT2D eigenvalue weighted by atomic mass is 35.5. The molecule has 1 heterocycles. The Labute approximate surface area is 161 Å². The molecule has 0 unspecified atom stereocenters. The lowest BCUT2D eigenvalue weighted by atomic mass is 9.91. The lowest BCUT2D eigenvalue weighted by Crippen LogP contribution is -2.46. The number of hydrogen-bond acceptors (Lipinski definition) is 3. The maximum atomic E-state index is 12.8. The summed E-state index contributed by atoms with van der Waals surface area (Å²) in [6.45, 7) is 0.778. The molecular formula is C19H27ClN2O3S. The molecule has 5 nitrogen and oxygen atoms in total. The van der Waals surface area contributed by atoms with E-state index in [1.807, 2.05) is 11.9 Å². The quantitative estimate of drug-likeness (QED) is 0.779. The van der Waals surface area contributed by atoms with Gasteiger partial charge in [0.25, 0.3) is 0 Å². The van der Waals surface area contributed by atoms with Crippen molar-refractivity contribution < 1.29 is 13.2 Å². The summed E-state index contributed by atoms with van der Waals surface area (Å²) in [6.07, 6.45) is 7.00. The van der Waals surface area contributed by atoms with Crippen LogP contribution in [0.15, 0.2) is 29.2 Å². The van der Waals surface area contributed by atoms with Crippen molar-refractivity contribution in [1.29, 1.82) is 0 Å². The van der Waals surface area contributed by atoms with Gasteiger partial charge in [0.05, 0.1) is 4.90 Å². The lowest BCUT2D eigenvalue weighted by Gasteiger charge is -2.36. The molecule has 0 radical (unpaired) electrons. The van der Waals surface area contributed by atoms with Crippen LogP contribution in [0.1, 0.15) is 44.9 Å². The SMILES string of the molecule is CN(C(=O)C1CCN(S(=O)(=O)c2ccc(Cl)cc2)CC1)C1CCCCC1. The summed E-state index contributed by atoms with van der Waals surface area (Å²) < 4.78 is 27.0. The zero-order valence-corrected chi connectivity index (χ0v) is 16.8. The Morgan fingerprint density at radius 3 is 2.19 bits per heavy atom. The van der Waals surface area contributed by atoms with Crippen LogP contribution in [0.4, 0.5) is 0 Å². The third-order valence-electron chi connectivity index (χ3n) is 5.72. The molecule has 2 aliphatic rings. The molecule has 7 heteroatoms. The Hall–Kier alpha value is -1.11. The zero-order valence-electron chi connectivity index (χ0n) is 15.2. The van der Waals surface area contributed by atoms with Gasteiger partial charge < -0.3 is 4.90 Å². The Balaban J connectivity index is 1.59. The molecule has 2 fully saturated rings. The average Bonchev–Trinajstić information content (AvgIpc) is 2.68. The second-order valence-corrected chi connectivity index (χ2v) is 9.75. The van der Waals surface area contributed by atoms with Gasteiger partial charge in [0.2, 0.25) is 15.9 Å². The van der Waals surface area contributed by atoms with Crippen molar-refractivity contribution in [3.8, 4) is 0 Å². The van der Waals surface area contributed by atoms with Crippen molar-refractivity contribution in [3.63, 3.8) is 0 Å². The third-order valence-corrected chi connectivity index (χ3v) is 7.89. The van der Waals surface area contributed by atoms with Gasteiger partial charge in [-0.15, -0.1) is 0 Å². The van der Waals surface area contributed by atoms with Crippen molar-refractivity contribution in [2.24, 2.45) is 5.92 Å². The van der Waals surface area contributed by atoms with Gasteiger partial charge in [0, 0.05) is 37.1 Å². The topological polar surface area (TPSA) is 57.7 Å². The van der Waals surface area contributed by atoms with Crippen molar-refractivity contribution in [2.45, 2.75) is 55.9 Å². The molecule has 0 bridgehead atoms. The van der Waals surface area contributed by atoms with Crippen LogP contribution < -0.4 is 0 Å². The second kappa shape index (κ2) is 8.28. The zero-order chi connectivity index (χ0) is 18.7. The van der Waals surface area contributed by atoms with Crippen LogP contribution in [-0.2, 0) is 14.8 Å². The number of amides is 1. The van der Waals surface area contributed by atoms with Crippen LogP contribution in [0.5, 0.6) is 0 Å². The van der Waals surface area contributed by atoms with E-state index in [-0.39, 0.29) is 16.7 Å². The van der Waals surface area contributed by atoms with Crippen LogP contribution in [0.3, 0.4) is 0 Å². The number of rotatable bonds is 4. The largest absolute Gasteiger partial charge is 0.343 e. The number of benzene rings is 1. The third kappa shape index (κ3) is 4.24. The van der Waals surface area contributed by atoms with Gasteiger partial charge in [-0.2, -0.15) is 4.31 Å². The number of carbonyl (C=O) groups excluding carboxylic acids is 1. The minimum Gasteiger partial charge on any atom is -0.343 e. The summed E-state index contributed by atoms with van der Waals surface area (Å²) in [5.41, 5.74) is 0. The minimum atomic E-state index is -3.52. The predicted molar refractivity (Wildman–Crippen MR) is 103 cm³/mol. The van der Waals surface area contributed by atoms with E-state index in [0.717, 1.165) is 12.8 Å². The number of carbonyl (C=O) groups is 1. The summed E-state index contributed by atoms with van der Waals surface area (Å²) in [6, 6.07) is 6.60. The first-order valence-electron chi connectivity index (χ1n) is 9.42. The van der Waals surface area contributed by atoms with Gasteiger partial charge in [-0.1, -0.05) is 30.9 Å². The molecule has 0 spiro atoms. The number of sulfonamides is 1. The molecule has 144 valence electrons. The molecule has 3 rings (SSSR count). The second-order valence-electron chi connectivity index (χ2n) is 7.37. The van der Waals surface area contributed by atoms with E-state index in [4.69, 9.17) is 11.6 Å². The maximum absolute atomic E-state index is 12.8. The number of piperidine rings is 1. The molecule has 0 aromatic heterocycles. The standard InChI is InChI=1S/C19H27ClN2O3S/c1-21(17-5-3-2-4-6-17)19(23)15-11-13-22(14-12-15)26(24,25)18-9-7-16(20)8-10-18/h7-10,15,17H,2-6,11-14H2,1H3. The molecule has 0 atom stereocenters. The summed E-state index contributed by atoms with van der Waals surface area (Å²) in [5, 5.41) is 0.513. The van der Waals surface area contributed by atoms with Crippen molar-refractivity contribution in [1.82, 2.24) is 9.21 Å². The first-order valence-corrected chi connectivity index (χ1v) is 11.2. The van der Waals surface area contributed by atoms with Gasteiger partial charge in [0.1, 0.15) is 0 Å². The normalized spacial score (nSPS) is 20.8. The lowest BCUT2D eigenvalue weighted by molar-refractivity contribution is -0.138. The van der Waals surface area contributed by atoms with E-state index in [1.165, 1.54) is 35.7 Å². The molecule has 1 aliphatic carbocycles. The van der Waals surface area contributed by atoms with Crippen LogP contribution in [-0.4, -0.2) is 49.7 Å². The van der Waals surface area contributed by atoms with Gasteiger partial charge >= 0.3 is 0 Å². The molecule has 1 saturated carbocycles. The maximum Gasteiger partial charge on any atom is 0.243 e. The van der Waals surface area contributed by atoms with Gasteiger partial charge in [-0.3, -0.25) is 4.79 Å². The molecule has 1 saturated heterocycles. The smallest absolute Gasteiger partial charge is 0.243 e. The Morgan fingerprint density at radius 2 is 1.62 bits per heavy atom. The van der Waals surface area contributed by atoms with Crippen LogP contribution in [0.25, 0.3) is 0 Å². The van der Waals surface area contributed by atoms with E-state index >= 15 is 0 Å². The highest BCUT2D eigenvalue weighted by molar-refractivity contribution is 7.89. The van der Waals surface area contributed by atoms with Crippen LogP contribution >= 0.6 is 11.6 Å². The summed E-state index contributed by atoms with van der Waals surface area (Å²) >= 11 is 5.84. The van der Waals surface area contributed by atoms with E-state index in [0.29, 0.717) is 37.0 Å². The minimum absolute atomic E-state index is 0.0707. The van der Waals surface area contributed by atoms with Crippen molar-refractivity contribution >= 4 is 27.5 Å². The highest BCUT2D eigenvalue weighted by Crippen LogP contribution is 2.28. The highest BCUT2D eigenvalue weighted by Gasteiger charge is 2.34. The monoisotopic (exact) mass is 398 g/mol. The fourth-order valence-corrected chi connectivity index (χ4v) is 5.63. The molecule has 1 aromatic rings. The number of hydrogen-bond donors (Lipinski definition) is 0. The molecular weight excluding hydrogens is 372 g/mol. The van der Waals surface area contributed by atoms with E-state index < -0.39 is 10.0 Å². The molecule has 26 heavy (non-hydrogen) atoms. The molecule has 1 aromatic carbocycles. The Bertz CT molecular complexity index is 722. The first-order chi connectivity index (χ1) is 12.4. The van der Waals surface area contributed by atoms with E-state index in [9.17, 15) is 13.2 Å². The van der Waals surface area contributed by atoms with E-state index in [2.05, 4.69) is 0 Å². The summed E-state index contributed by atoms with van der Waals surface area (Å²) in [4.78, 5) is 15.0. The van der Waals surface area contributed by atoms with Gasteiger partial charge in [0.15, 0.2) is 0 Å². The fraction of sp³-hybridized carbons (Fsp3) is 0.632. The molecule has 0 N–H and O–H groups in total. The summed E-state index contributed by atoms with van der Waals surface area (Å²) in [7, 11) is -1.61. The van der Waals surface area contributed by atoms with Gasteiger partial charge in [-0.25, -0.2) is 8.42 Å². The molecule has 1 amide bonds. The first kappa shape index (κ1) is 19.6. The Kier molecular flexibility index (Phi) is 6.25. The number of nitrogens with zero attached hydrogens (tertiary/aromatic N) is 2. The van der Waals surface area contributed by atoms with Crippen molar-refractivity contribution in [2.75, 3.05) is 20.1 Å². The predicted octanol–water partition coefficient (Wildman–Crippen LogP) is 3.53. The van der Waals surface area contributed by atoms with E-state index in [1.54, 1.807) is 12.1 Å². The van der Waals surface area contributed by atoms with Crippen molar-refractivity contribution in [3.05, 3.63) is 29.3 Å². The molecule has 1 aliphatic heterocycles.